The molecule has 2 aromatic rings. The molecule has 1 aliphatic heterocycles. The van der Waals surface area contributed by atoms with Crippen molar-refractivity contribution in [2.45, 2.75) is 31.7 Å². The van der Waals surface area contributed by atoms with Gasteiger partial charge in [-0.25, -0.2) is 4.98 Å². The lowest BCUT2D eigenvalue weighted by molar-refractivity contribution is -0.132. The standard InChI is InChI=1S/C16H22N4O/c1-18-12-7-17-16(18)14-5-4-10-20(13-14)15(21)6-11-19-8-2-3-9-19/h2-3,7-9,12,14H,4-6,10-11,13H2,1H3. The Bertz CT molecular complexity index is 587. The highest BCUT2D eigenvalue weighted by molar-refractivity contribution is 5.76. The van der Waals surface area contributed by atoms with Crippen LogP contribution in [0.5, 0.6) is 0 Å². The molecule has 21 heavy (non-hydrogen) atoms. The number of aromatic nitrogens is 3. The number of imidazole rings is 1. The van der Waals surface area contributed by atoms with Crippen molar-refractivity contribution in [1.82, 2.24) is 19.0 Å². The predicted molar refractivity (Wildman–Crippen MR) is 80.8 cm³/mol. The van der Waals surface area contributed by atoms with Crippen molar-refractivity contribution in [2.75, 3.05) is 13.1 Å². The van der Waals surface area contributed by atoms with Crippen LogP contribution < -0.4 is 0 Å². The van der Waals surface area contributed by atoms with Gasteiger partial charge in [0.2, 0.25) is 5.91 Å². The smallest absolute Gasteiger partial charge is 0.224 e. The average molecular weight is 286 g/mol. The zero-order valence-electron chi connectivity index (χ0n) is 12.5. The van der Waals surface area contributed by atoms with Gasteiger partial charge in [0.05, 0.1) is 0 Å². The molecule has 112 valence electrons. The van der Waals surface area contributed by atoms with E-state index in [2.05, 4.69) is 14.1 Å². The minimum absolute atomic E-state index is 0.252. The zero-order chi connectivity index (χ0) is 14.7. The third kappa shape index (κ3) is 3.17. The van der Waals surface area contributed by atoms with Crippen LogP contribution in [0.1, 0.15) is 31.0 Å². The molecule has 1 fully saturated rings. The fraction of sp³-hybridized carbons (Fsp3) is 0.500. The normalized spacial score (nSPS) is 18.9. The number of carbonyl (C=O) groups is 1. The van der Waals surface area contributed by atoms with Gasteiger partial charge in [0, 0.05) is 63.8 Å². The average Bonchev–Trinajstić information content (AvgIpc) is 3.16. The van der Waals surface area contributed by atoms with Gasteiger partial charge < -0.3 is 14.0 Å². The van der Waals surface area contributed by atoms with E-state index >= 15 is 0 Å². The molecular weight excluding hydrogens is 264 g/mol. The van der Waals surface area contributed by atoms with Gasteiger partial charge in [0.25, 0.3) is 0 Å². The summed E-state index contributed by atoms with van der Waals surface area (Å²) in [7, 11) is 2.02. The Morgan fingerprint density at radius 3 is 2.86 bits per heavy atom. The largest absolute Gasteiger partial charge is 0.354 e. The van der Waals surface area contributed by atoms with Crippen molar-refractivity contribution < 1.29 is 4.79 Å². The highest BCUT2D eigenvalue weighted by Crippen LogP contribution is 2.25. The lowest BCUT2D eigenvalue weighted by atomic mass is 9.97. The van der Waals surface area contributed by atoms with E-state index < -0.39 is 0 Å². The Kier molecular flexibility index (Phi) is 4.08. The maximum atomic E-state index is 12.4. The van der Waals surface area contributed by atoms with E-state index in [1.54, 1.807) is 0 Å². The molecule has 3 rings (SSSR count). The van der Waals surface area contributed by atoms with Gasteiger partial charge in [-0.3, -0.25) is 4.79 Å². The number of piperidine rings is 1. The molecule has 0 spiro atoms. The number of carbonyl (C=O) groups excluding carboxylic acids is 1. The van der Waals surface area contributed by atoms with E-state index in [-0.39, 0.29) is 5.91 Å². The molecule has 0 aliphatic carbocycles. The van der Waals surface area contributed by atoms with Crippen molar-refractivity contribution in [2.24, 2.45) is 7.05 Å². The van der Waals surface area contributed by atoms with Crippen LogP contribution in [0, 0.1) is 0 Å². The first-order valence-electron chi connectivity index (χ1n) is 7.60. The highest BCUT2D eigenvalue weighted by Gasteiger charge is 2.26. The molecule has 5 nitrogen and oxygen atoms in total. The molecular formula is C16H22N4O. The molecule has 1 amide bonds. The summed E-state index contributed by atoms with van der Waals surface area (Å²) in [4.78, 5) is 18.8. The van der Waals surface area contributed by atoms with Crippen molar-refractivity contribution in [3.05, 3.63) is 42.7 Å². The number of rotatable bonds is 4. The van der Waals surface area contributed by atoms with Gasteiger partial charge in [-0.1, -0.05) is 0 Å². The second kappa shape index (κ2) is 6.16. The molecule has 0 radical (unpaired) electrons. The maximum Gasteiger partial charge on any atom is 0.224 e. The third-order valence-electron chi connectivity index (χ3n) is 4.25. The molecule has 0 N–H and O–H groups in total. The molecule has 1 aliphatic rings. The zero-order valence-corrected chi connectivity index (χ0v) is 12.5. The van der Waals surface area contributed by atoms with Gasteiger partial charge in [0.15, 0.2) is 0 Å². The van der Waals surface area contributed by atoms with E-state index in [0.29, 0.717) is 12.3 Å². The minimum atomic E-state index is 0.252. The maximum absolute atomic E-state index is 12.4. The number of hydrogen-bond donors (Lipinski definition) is 0. The second-order valence-electron chi connectivity index (χ2n) is 5.75. The Hall–Kier alpha value is -2.04. The van der Waals surface area contributed by atoms with Gasteiger partial charge in [0.1, 0.15) is 5.82 Å². The summed E-state index contributed by atoms with van der Waals surface area (Å²) in [5.41, 5.74) is 0. The monoisotopic (exact) mass is 286 g/mol. The van der Waals surface area contributed by atoms with Crippen LogP contribution in [-0.2, 0) is 18.4 Å². The number of aryl methyl sites for hydroxylation is 2. The van der Waals surface area contributed by atoms with Crippen molar-refractivity contribution in [3.8, 4) is 0 Å². The van der Waals surface area contributed by atoms with Crippen LogP contribution in [0.4, 0.5) is 0 Å². The van der Waals surface area contributed by atoms with Crippen LogP contribution in [0.3, 0.4) is 0 Å². The fourth-order valence-electron chi connectivity index (χ4n) is 3.09. The van der Waals surface area contributed by atoms with E-state index in [1.165, 1.54) is 0 Å². The van der Waals surface area contributed by atoms with Gasteiger partial charge in [-0.15, -0.1) is 0 Å². The summed E-state index contributed by atoms with van der Waals surface area (Å²) in [5, 5.41) is 0. The second-order valence-corrected chi connectivity index (χ2v) is 5.75. The van der Waals surface area contributed by atoms with Crippen molar-refractivity contribution in [3.63, 3.8) is 0 Å². The fourth-order valence-corrected chi connectivity index (χ4v) is 3.09. The van der Waals surface area contributed by atoms with Gasteiger partial charge in [-0.2, -0.15) is 0 Å². The van der Waals surface area contributed by atoms with E-state index in [0.717, 1.165) is 38.3 Å². The molecule has 0 saturated carbocycles. The molecule has 1 unspecified atom stereocenters. The first-order valence-corrected chi connectivity index (χ1v) is 7.60. The quantitative estimate of drug-likeness (QED) is 0.863. The lowest BCUT2D eigenvalue weighted by Crippen LogP contribution is -2.40. The van der Waals surface area contributed by atoms with Gasteiger partial charge >= 0.3 is 0 Å². The first-order chi connectivity index (χ1) is 10.2. The summed E-state index contributed by atoms with van der Waals surface area (Å²) in [6.45, 7) is 2.44. The lowest BCUT2D eigenvalue weighted by Gasteiger charge is -2.32. The van der Waals surface area contributed by atoms with Crippen LogP contribution >= 0.6 is 0 Å². The summed E-state index contributed by atoms with van der Waals surface area (Å²) in [5.74, 6) is 1.72. The Balaban J connectivity index is 1.58. The topological polar surface area (TPSA) is 43.1 Å². The molecule has 0 aromatic carbocycles. The van der Waals surface area contributed by atoms with E-state index in [1.807, 2.05) is 48.9 Å². The number of amides is 1. The van der Waals surface area contributed by atoms with Gasteiger partial charge in [-0.05, 0) is 25.0 Å². The Morgan fingerprint density at radius 2 is 2.14 bits per heavy atom. The summed E-state index contributed by atoms with van der Waals surface area (Å²) < 4.78 is 4.12. The third-order valence-corrected chi connectivity index (χ3v) is 4.25. The van der Waals surface area contributed by atoms with Crippen molar-refractivity contribution >= 4 is 5.91 Å². The highest BCUT2D eigenvalue weighted by atomic mass is 16.2. The number of likely N-dealkylation sites (tertiary alicyclic amines) is 1. The van der Waals surface area contributed by atoms with E-state index in [9.17, 15) is 4.79 Å². The first kappa shape index (κ1) is 13.9. The van der Waals surface area contributed by atoms with E-state index in [4.69, 9.17) is 0 Å². The molecule has 5 heteroatoms. The predicted octanol–water partition coefficient (Wildman–Crippen LogP) is 2.02. The summed E-state index contributed by atoms with van der Waals surface area (Å²) in [6, 6.07) is 3.98. The molecule has 1 atom stereocenters. The summed E-state index contributed by atoms with van der Waals surface area (Å²) in [6.07, 6.45) is 10.6. The van der Waals surface area contributed by atoms with Crippen molar-refractivity contribution in [1.29, 1.82) is 0 Å². The molecule has 3 heterocycles. The number of nitrogens with zero attached hydrogens (tertiary/aromatic N) is 4. The SMILES string of the molecule is Cn1ccnc1C1CCCN(C(=O)CCn2cccc2)C1. The number of hydrogen-bond acceptors (Lipinski definition) is 2. The van der Waals surface area contributed by atoms with Crippen LogP contribution in [0.25, 0.3) is 0 Å². The molecule has 0 bridgehead atoms. The Labute approximate surface area is 125 Å². The minimum Gasteiger partial charge on any atom is -0.354 e. The molecule has 2 aromatic heterocycles. The van der Waals surface area contributed by atoms with Crippen LogP contribution in [0.15, 0.2) is 36.9 Å². The molecule has 1 saturated heterocycles. The Morgan fingerprint density at radius 1 is 1.33 bits per heavy atom. The summed E-state index contributed by atoms with van der Waals surface area (Å²) >= 11 is 0. The van der Waals surface area contributed by atoms with Crippen LogP contribution in [-0.4, -0.2) is 38.0 Å². The van der Waals surface area contributed by atoms with Crippen LogP contribution in [0.2, 0.25) is 0 Å².